The summed E-state index contributed by atoms with van der Waals surface area (Å²) in [5.41, 5.74) is 7.74. The summed E-state index contributed by atoms with van der Waals surface area (Å²) in [6.45, 7) is 2.21. The Labute approximate surface area is 97.8 Å². The van der Waals surface area contributed by atoms with E-state index in [4.69, 9.17) is 5.73 Å². The molecule has 0 aliphatic carbocycles. The lowest BCUT2D eigenvalue weighted by Gasteiger charge is -2.05. The zero-order valence-electron chi connectivity index (χ0n) is 9.33. The zero-order valence-corrected chi connectivity index (χ0v) is 9.33. The number of nitrogens with zero attached hydrogens (tertiary/aromatic N) is 3. The van der Waals surface area contributed by atoms with Crippen LogP contribution in [0.15, 0.2) is 30.5 Å². The van der Waals surface area contributed by atoms with Gasteiger partial charge in [0.25, 0.3) is 5.69 Å². The van der Waals surface area contributed by atoms with Crippen LogP contribution in [0.5, 0.6) is 0 Å². The molecule has 2 rings (SSSR count). The van der Waals surface area contributed by atoms with Gasteiger partial charge in [0.05, 0.1) is 11.1 Å². The maximum atomic E-state index is 10.9. The molecule has 0 aliphatic rings. The van der Waals surface area contributed by atoms with Crippen LogP contribution >= 0.6 is 0 Å². The molecular formula is C11H12N4O2. The van der Waals surface area contributed by atoms with Crippen molar-refractivity contribution < 1.29 is 4.92 Å². The van der Waals surface area contributed by atoms with Crippen LogP contribution < -0.4 is 5.73 Å². The Bertz CT molecular complexity index is 562. The van der Waals surface area contributed by atoms with Gasteiger partial charge in [-0.1, -0.05) is 12.1 Å². The van der Waals surface area contributed by atoms with Crippen molar-refractivity contribution in [1.82, 2.24) is 9.78 Å². The Morgan fingerprint density at radius 3 is 2.76 bits per heavy atom. The number of hydrogen-bond donors (Lipinski definition) is 1. The molecule has 2 N–H and O–H groups in total. The number of para-hydroxylation sites is 2. The summed E-state index contributed by atoms with van der Waals surface area (Å²) >= 11 is 0. The average molecular weight is 232 g/mol. The highest BCUT2D eigenvalue weighted by molar-refractivity contribution is 5.52. The third kappa shape index (κ3) is 1.90. The van der Waals surface area contributed by atoms with Crippen molar-refractivity contribution in [2.45, 2.75) is 13.5 Å². The SMILES string of the molecule is Cc1c(CN)cnn1-c1ccccc1[N+](=O)[O-]. The number of aromatic nitrogens is 2. The van der Waals surface area contributed by atoms with Crippen molar-refractivity contribution in [2.24, 2.45) is 5.73 Å². The molecule has 0 unspecified atom stereocenters. The van der Waals surface area contributed by atoms with Crippen molar-refractivity contribution >= 4 is 5.69 Å². The predicted molar refractivity (Wildman–Crippen MR) is 62.8 cm³/mol. The van der Waals surface area contributed by atoms with Crippen molar-refractivity contribution in [3.8, 4) is 5.69 Å². The summed E-state index contributed by atoms with van der Waals surface area (Å²) in [5.74, 6) is 0. The summed E-state index contributed by atoms with van der Waals surface area (Å²) in [7, 11) is 0. The van der Waals surface area contributed by atoms with Gasteiger partial charge < -0.3 is 5.73 Å². The molecule has 0 saturated heterocycles. The minimum absolute atomic E-state index is 0.0299. The Morgan fingerprint density at radius 1 is 1.47 bits per heavy atom. The lowest BCUT2D eigenvalue weighted by Crippen LogP contribution is -2.04. The van der Waals surface area contributed by atoms with Crippen molar-refractivity contribution in [3.05, 3.63) is 51.8 Å². The number of benzene rings is 1. The third-order valence-corrected chi connectivity index (χ3v) is 2.64. The van der Waals surface area contributed by atoms with E-state index in [9.17, 15) is 10.1 Å². The van der Waals surface area contributed by atoms with Gasteiger partial charge in [-0.25, -0.2) is 4.68 Å². The molecule has 0 saturated carbocycles. The van der Waals surface area contributed by atoms with E-state index in [2.05, 4.69) is 5.10 Å². The van der Waals surface area contributed by atoms with Crippen molar-refractivity contribution in [2.75, 3.05) is 0 Å². The fourth-order valence-electron chi connectivity index (χ4n) is 1.68. The fraction of sp³-hybridized carbons (Fsp3) is 0.182. The highest BCUT2D eigenvalue weighted by Crippen LogP contribution is 2.23. The first-order valence-corrected chi connectivity index (χ1v) is 5.12. The normalized spacial score (nSPS) is 10.5. The molecule has 0 bridgehead atoms. The lowest BCUT2D eigenvalue weighted by molar-refractivity contribution is -0.384. The van der Waals surface area contributed by atoms with Crippen molar-refractivity contribution in [3.63, 3.8) is 0 Å². The van der Waals surface area contributed by atoms with Gasteiger partial charge in [0.1, 0.15) is 5.69 Å². The van der Waals surface area contributed by atoms with Crippen LogP contribution in [0.3, 0.4) is 0 Å². The van der Waals surface area contributed by atoms with Gasteiger partial charge in [0, 0.05) is 23.9 Å². The standard InChI is InChI=1S/C11H12N4O2/c1-8-9(6-12)7-13-14(8)10-4-2-3-5-11(10)15(16)17/h2-5,7H,6,12H2,1H3. The van der Waals surface area contributed by atoms with Crippen LogP contribution in [-0.2, 0) is 6.54 Å². The molecule has 6 nitrogen and oxygen atoms in total. The molecule has 0 spiro atoms. The van der Waals surface area contributed by atoms with E-state index in [0.717, 1.165) is 11.3 Å². The summed E-state index contributed by atoms with van der Waals surface area (Å²) in [6, 6.07) is 6.49. The predicted octanol–water partition coefficient (Wildman–Crippen LogP) is 1.55. The van der Waals surface area contributed by atoms with Gasteiger partial charge >= 0.3 is 0 Å². The average Bonchev–Trinajstić information content (AvgIpc) is 2.70. The highest BCUT2D eigenvalue weighted by atomic mass is 16.6. The summed E-state index contributed by atoms with van der Waals surface area (Å²) in [6.07, 6.45) is 1.63. The number of rotatable bonds is 3. The quantitative estimate of drug-likeness (QED) is 0.642. The Morgan fingerprint density at radius 2 is 2.18 bits per heavy atom. The lowest BCUT2D eigenvalue weighted by atomic mass is 10.2. The van der Waals surface area contributed by atoms with Crippen LogP contribution in [0.2, 0.25) is 0 Å². The van der Waals surface area contributed by atoms with E-state index in [0.29, 0.717) is 12.2 Å². The van der Waals surface area contributed by atoms with Gasteiger partial charge in [-0.3, -0.25) is 10.1 Å². The van der Waals surface area contributed by atoms with Gasteiger partial charge in [-0.15, -0.1) is 0 Å². The topological polar surface area (TPSA) is 87.0 Å². The largest absolute Gasteiger partial charge is 0.326 e. The Kier molecular flexibility index (Phi) is 2.88. The molecule has 0 aliphatic heterocycles. The molecule has 6 heteroatoms. The molecule has 1 heterocycles. The molecule has 1 aromatic carbocycles. The first-order valence-electron chi connectivity index (χ1n) is 5.12. The second-order valence-corrected chi connectivity index (χ2v) is 3.62. The van der Waals surface area contributed by atoms with Crippen LogP contribution in [-0.4, -0.2) is 14.7 Å². The van der Waals surface area contributed by atoms with Crippen LogP contribution in [0.1, 0.15) is 11.3 Å². The van der Waals surface area contributed by atoms with E-state index in [1.54, 1.807) is 29.1 Å². The number of nitro groups is 1. The molecule has 1 aromatic heterocycles. The molecule has 0 fully saturated rings. The molecule has 0 radical (unpaired) electrons. The summed E-state index contributed by atoms with van der Waals surface area (Å²) in [4.78, 5) is 10.5. The van der Waals surface area contributed by atoms with Crippen LogP contribution in [0.25, 0.3) is 5.69 Å². The Balaban J connectivity index is 2.60. The van der Waals surface area contributed by atoms with Crippen molar-refractivity contribution in [1.29, 1.82) is 0 Å². The minimum atomic E-state index is -0.418. The maximum absolute atomic E-state index is 10.9. The minimum Gasteiger partial charge on any atom is -0.326 e. The Hall–Kier alpha value is -2.21. The third-order valence-electron chi connectivity index (χ3n) is 2.64. The number of hydrogen-bond acceptors (Lipinski definition) is 4. The van der Waals surface area contributed by atoms with E-state index in [1.807, 2.05) is 6.92 Å². The number of nitro benzene ring substituents is 1. The van der Waals surface area contributed by atoms with Gasteiger partial charge in [-0.2, -0.15) is 5.10 Å². The molecular weight excluding hydrogens is 220 g/mol. The monoisotopic (exact) mass is 232 g/mol. The first kappa shape index (κ1) is 11.3. The fourth-order valence-corrected chi connectivity index (χ4v) is 1.68. The summed E-state index contributed by atoms with van der Waals surface area (Å²) in [5, 5.41) is 15.1. The second kappa shape index (κ2) is 4.34. The van der Waals surface area contributed by atoms with Gasteiger partial charge in [-0.05, 0) is 13.0 Å². The van der Waals surface area contributed by atoms with Gasteiger partial charge in [0.2, 0.25) is 0 Å². The molecule has 88 valence electrons. The molecule has 2 aromatic rings. The first-order chi connectivity index (χ1) is 8.15. The summed E-state index contributed by atoms with van der Waals surface area (Å²) < 4.78 is 1.54. The van der Waals surface area contributed by atoms with E-state index < -0.39 is 4.92 Å². The van der Waals surface area contributed by atoms with Gasteiger partial charge in [0.15, 0.2) is 0 Å². The van der Waals surface area contributed by atoms with E-state index >= 15 is 0 Å². The second-order valence-electron chi connectivity index (χ2n) is 3.62. The van der Waals surface area contributed by atoms with E-state index in [-0.39, 0.29) is 5.69 Å². The number of nitrogens with two attached hydrogens (primary N) is 1. The highest BCUT2D eigenvalue weighted by Gasteiger charge is 2.17. The smallest absolute Gasteiger partial charge is 0.294 e. The zero-order chi connectivity index (χ0) is 12.4. The molecule has 0 amide bonds. The maximum Gasteiger partial charge on any atom is 0.294 e. The molecule has 17 heavy (non-hydrogen) atoms. The molecule has 0 atom stereocenters. The van der Waals surface area contributed by atoms with Crippen LogP contribution in [0, 0.1) is 17.0 Å². The van der Waals surface area contributed by atoms with Crippen LogP contribution in [0.4, 0.5) is 5.69 Å². The van der Waals surface area contributed by atoms with E-state index in [1.165, 1.54) is 6.07 Å².